The van der Waals surface area contributed by atoms with Crippen molar-refractivity contribution in [2.24, 2.45) is 5.92 Å². The van der Waals surface area contributed by atoms with Crippen LogP contribution in [0.15, 0.2) is 42.5 Å². The number of methoxy groups -OCH3 is 1. The summed E-state index contributed by atoms with van der Waals surface area (Å²) in [4.78, 5) is 19.2. The molecule has 2 aromatic carbocycles. The average molecular weight is 399 g/mol. The Hall–Kier alpha value is -2.67. The van der Waals surface area contributed by atoms with E-state index < -0.39 is 0 Å². The monoisotopic (exact) mass is 399 g/mol. The number of ether oxygens (including phenoxy) is 1. The second-order valence-electron chi connectivity index (χ2n) is 6.94. The van der Waals surface area contributed by atoms with Crippen LogP contribution in [0.1, 0.15) is 18.4 Å². The van der Waals surface area contributed by atoms with Crippen LogP contribution in [0.4, 0.5) is 9.52 Å². The number of hydrogen-bond acceptors (Lipinski definition) is 5. The van der Waals surface area contributed by atoms with Crippen LogP contribution in [0.25, 0.3) is 10.2 Å². The van der Waals surface area contributed by atoms with E-state index in [2.05, 4.69) is 15.2 Å². The van der Waals surface area contributed by atoms with Gasteiger partial charge in [0.2, 0.25) is 5.91 Å². The van der Waals surface area contributed by atoms with E-state index in [4.69, 9.17) is 4.74 Å². The molecule has 1 aromatic heterocycles. The summed E-state index contributed by atoms with van der Waals surface area (Å²) in [5.74, 6) is 0.416. The van der Waals surface area contributed by atoms with Crippen molar-refractivity contribution in [2.75, 3.05) is 25.1 Å². The van der Waals surface area contributed by atoms with Gasteiger partial charge in [-0.05, 0) is 42.7 Å². The van der Waals surface area contributed by atoms with Gasteiger partial charge in [-0.3, -0.25) is 4.79 Å². The molecule has 0 spiro atoms. The van der Waals surface area contributed by atoms with Crippen LogP contribution < -0.4 is 15.0 Å². The van der Waals surface area contributed by atoms with Crippen molar-refractivity contribution >= 4 is 32.6 Å². The summed E-state index contributed by atoms with van der Waals surface area (Å²) in [7, 11) is 1.63. The third-order valence-electron chi connectivity index (χ3n) is 5.02. The Morgan fingerprint density at radius 3 is 3.04 bits per heavy atom. The van der Waals surface area contributed by atoms with Crippen LogP contribution in [0.2, 0.25) is 0 Å². The topological polar surface area (TPSA) is 54.5 Å². The number of anilines is 1. The summed E-state index contributed by atoms with van der Waals surface area (Å²) in [6, 6.07) is 12.7. The van der Waals surface area contributed by atoms with Crippen molar-refractivity contribution in [3.63, 3.8) is 0 Å². The van der Waals surface area contributed by atoms with E-state index in [1.165, 1.54) is 17.4 Å². The third kappa shape index (κ3) is 3.94. The maximum absolute atomic E-state index is 13.9. The molecule has 1 atom stereocenters. The van der Waals surface area contributed by atoms with Gasteiger partial charge >= 0.3 is 0 Å². The molecule has 5 nitrogen and oxygen atoms in total. The largest absolute Gasteiger partial charge is 0.497 e. The molecular formula is C21H22FN3O2S. The molecule has 0 bridgehead atoms. The molecule has 1 N–H and O–H groups in total. The quantitative estimate of drug-likeness (QED) is 0.705. The highest BCUT2D eigenvalue weighted by Gasteiger charge is 2.27. The lowest BCUT2D eigenvalue weighted by Crippen LogP contribution is -2.42. The lowest BCUT2D eigenvalue weighted by Gasteiger charge is -2.31. The summed E-state index contributed by atoms with van der Waals surface area (Å²) >= 11 is 1.48. The van der Waals surface area contributed by atoms with Gasteiger partial charge in [-0.2, -0.15) is 0 Å². The summed E-state index contributed by atoms with van der Waals surface area (Å²) in [5.41, 5.74) is 1.41. The zero-order chi connectivity index (χ0) is 19.5. The van der Waals surface area contributed by atoms with Gasteiger partial charge in [0.1, 0.15) is 17.1 Å². The predicted molar refractivity (Wildman–Crippen MR) is 109 cm³/mol. The fraction of sp³-hybridized carbons (Fsp3) is 0.333. The first-order valence-corrected chi connectivity index (χ1v) is 10.2. The number of nitrogens with one attached hydrogen (secondary N) is 1. The number of para-hydroxylation sites is 1. The summed E-state index contributed by atoms with van der Waals surface area (Å²) in [6.45, 7) is 1.91. The molecule has 0 radical (unpaired) electrons. The van der Waals surface area contributed by atoms with Crippen LogP contribution in [0.5, 0.6) is 5.75 Å². The van der Waals surface area contributed by atoms with Crippen molar-refractivity contribution in [1.29, 1.82) is 0 Å². The molecule has 1 amide bonds. The number of carbonyl (C=O) groups excluding carboxylic acids is 1. The summed E-state index contributed by atoms with van der Waals surface area (Å²) < 4.78 is 20.0. The van der Waals surface area contributed by atoms with Gasteiger partial charge < -0.3 is 15.0 Å². The van der Waals surface area contributed by atoms with Crippen molar-refractivity contribution in [1.82, 2.24) is 10.3 Å². The summed E-state index contributed by atoms with van der Waals surface area (Å²) in [6.07, 6.45) is 1.76. The van der Waals surface area contributed by atoms with Gasteiger partial charge in [0.05, 0.1) is 17.7 Å². The molecule has 146 valence electrons. The Morgan fingerprint density at radius 2 is 2.21 bits per heavy atom. The standard InChI is InChI=1S/C21H22FN3O2S/c1-27-16-7-2-5-14(11-16)12-23-20(26)15-6-4-10-25(13-15)21-24-19-17(22)8-3-9-18(19)28-21/h2-3,5,7-9,11,15H,4,6,10,12-13H2,1H3,(H,23,26). The first-order chi connectivity index (χ1) is 13.6. The normalized spacial score (nSPS) is 16.9. The van der Waals surface area contributed by atoms with Crippen LogP contribution in [-0.2, 0) is 11.3 Å². The Morgan fingerprint density at radius 1 is 1.36 bits per heavy atom. The highest BCUT2D eigenvalue weighted by atomic mass is 32.1. The number of halogens is 1. The summed E-state index contributed by atoms with van der Waals surface area (Å²) in [5, 5.41) is 3.81. The minimum absolute atomic E-state index is 0.0415. The molecule has 4 rings (SSSR count). The molecule has 2 heterocycles. The number of amides is 1. The lowest BCUT2D eigenvalue weighted by molar-refractivity contribution is -0.125. The predicted octanol–water partition coefficient (Wildman–Crippen LogP) is 3.98. The fourth-order valence-corrected chi connectivity index (χ4v) is 4.53. The number of rotatable bonds is 5. The molecule has 7 heteroatoms. The Labute approximate surface area is 167 Å². The van der Waals surface area contributed by atoms with Gasteiger partial charge in [-0.15, -0.1) is 0 Å². The number of piperidine rings is 1. The molecule has 1 aliphatic heterocycles. The number of benzene rings is 2. The van der Waals surface area contributed by atoms with Crippen LogP contribution in [0, 0.1) is 11.7 Å². The Bertz CT molecular complexity index is 991. The van der Waals surface area contributed by atoms with Crippen LogP contribution in [0.3, 0.4) is 0 Å². The number of hydrogen-bond donors (Lipinski definition) is 1. The molecule has 3 aromatic rings. The Kier molecular flexibility index (Phi) is 5.43. The van der Waals surface area contributed by atoms with Crippen LogP contribution >= 0.6 is 11.3 Å². The molecular weight excluding hydrogens is 377 g/mol. The van der Waals surface area contributed by atoms with Gasteiger partial charge in [-0.1, -0.05) is 29.5 Å². The lowest BCUT2D eigenvalue weighted by atomic mass is 9.97. The van der Waals surface area contributed by atoms with Crippen molar-refractivity contribution in [3.05, 3.63) is 53.8 Å². The van der Waals surface area contributed by atoms with E-state index in [9.17, 15) is 9.18 Å². The molecule has 0 aliphatic carbocycles. The van der Waals surface area contributed by atoms with Gasteiger partial charge in [0.25, 0.3) is 0 Å². The molecule has 28 heavy (non-hydrogen) atoms. The number of carbonyl (C=O) groups is 1. The zero-order valence-electron chi connectivity index (χ0n) is 15.7. The number of thiazole rings is 1. The molecule has 1 saturated heterocycles. The second-order valence-corrected chi connectivity index (χ2v) is 7.95. The highest BCUT2D eigenvalue weighted by molar-refractivity contribution is 7.22. The van der Waals surface area contributed by atoms with E-state index in [0.717, 1.165) is 40.5 Å². The van der Waals surface area contributed by atoms with Crippen molar-refractivity contribution in [3.8, 4) is 5.75 Å². The van der Waals surface area contributed by atoms with Gasteiger partial charge in [0, 0.05) is 19.6 Å². The first kappa shape index (κ1) is 18.7. The zero-order valence-corrected chi connectivity index (χ0v) is 16.5. The second kappa shape index (κ2) is 8.14. The molecule has 1 aliphatic rings. The third-order valence-corrected chi connectivity index (χ3v) is 6.10. The fourth-order valence-electron chi connectivity index (χ4n) is 3.52. The van der Waals surface area contributed by atoms with E-state index >= 15 is 0 Å². The minimum Gasteiger partial charge on any atom is -0.497 e. The van der Waals surface area contributed by atoms with Crippen molar-refractivity contribution < 1.29 is 13.9 Å². The maximum atomic E-state index is 13.9. The van der Waals surface area contributed by atoms with Gasteiger partial charge in [0.15, 0.2) is 5.13 Å². The number of fused-ring (bicyclic) bond motifs is 1. The highest BCUT2D eigenvalue weighted by Crippen LogP contribution is 2.32. The van der Waals surface area contributed by atoms with Gasteiger partial charge in [-0.25, -0.2) is 9.37 Å². The Balaban J connectivity index is 1.41. The first-order valence-electron chi connectivity index (χ1n) is 9.34. The van der Waals surface area contributed by atoms with E-state index in [0.29, 0.717) is 18.6 Å². The molecule has 1 fully saturated rings. The smallest absolute Gasteiger partial charge is 0.225 e. The molecule has 0 saturated carbocycles. The average Bonchev–Trinajstić information content (AvgIpc) is 3.18. The van der Waals surface area contributed by atoms with Crippen molar-refractivity contribution in [2.45, 2.75) is 19.4 Å². The van der Waals surface area contributed by atoms with E-state index in [1.54, 1.807) is 13.2 Å². The van der Waals surface area contributed by atoms with Crippen LogP contribution in [-0.4, -0.2) is 31.1 Å². The SMILES string of the molecule is COc1cccc(CNC(=O)C2CCCN(c3nc4c(F)cccc4s3)C2)c1. The van der Waals surface area contributed by atoms with E-state index in [1.807, 2.05) is 30.3 Å². The number of nitrogens with zero attached hydrogens (tertiary/aromatic N) is 2. The molecule has 1 unspecified atom stereocenters. The van der Waals surface area contributed by atoms with E-state index in [-0.39, 0.29) is 17.6 Å². The maximum Gasteiger partial charge on any atom is 0.225 e. The minimum atomic E-state index is -0.301. The number of aromatic nitrogens is 1.